The van der Waals surface area contributed by atoms with E-state index in [0.717, 1.165) is 16.6 Å². The lowest BCUT2D eigenvalue weighted by Crippen LogP contribution is -2.43. The molecular weight excluding hydrogens is 396 g/mol. The van der Waals surface area contributed by atoms with Gasteiger partial charge in [0.2, 0.25) is 5.75 Å². The van der Waals surface area contributed by atoms with E-state index >= 15 is 0 Å². The highest BCUT2D eigenvalue weighted by molar-refractivity contribution is 6.06. The lowest BCUT2D eigenvalue weighted by molar-refractivity contribution is -0.114. The number of amides is 1. The minimum absolute atomic E-state index is 0.159. The van der Waals surface area contributed by atoms with E-state index in [-0.39, 0.29) is 5.91 Å². The molecule has 0 aliphatic carbocycles. The molecule has 3 aromatic rings. The number of nitrogens with zero attached hydrogens (tertiary/aromatic N) is 4. The topological polar surface area (TPSA) is 77.0 Å². The van der Waals surface area contributed by atoms with E-state index in [1.165, 1.54) is 6.08 Å². The average Bonchev–Trinajstić information content (AvgIpc) is 2.81. The molecule has 31 heavy (non-hydrogen) atoms. The lowest BCUT2D eigenvalue weighted by atomic mass is 10.1. The van der Waals surface area contributed by atoms with Gasteiger partial charge in [0, 0.05) is 26.2 Å². The predicted molar refractivity (Wildman–Crippen MR) is 118 cm³/mol. The largest absolute Gasteiger partial charge is 0.493 e. The molecule has 0 radical (unpaired) electrons. The molecule has 5 rings (SSSR count). The van der Waals surface area contributed by atoms with Crippen LogP contribution in [0.3, 0.4) is 0 Å². The first-order chi connectivity index (χ1) is 15.1. The van der Waals surface area contributed by atoms with Gasteiger partial charge >= 0.3 is 0 Å². The summed E-state index contributed by atoms with van der Waals surface area (Å²) in [5.41, 5.74) is 2.35. The fourth-order valence-corrected chi connectivity index (χ4v) is 3.74. The first kappa shape index (κ1) is 19.2. The highest BCUT2D eigenvalue weighted by atomic mass is 16.6. The zero-order valence-electron chi connectivity index (χ0n) is 17.4. The number of likely N-dealkylation sites (N-methyl/N-ethyl adjacent to an activating group) is 1. The van der Waals surface area contributed by atoms with E-state index in [4.69, 9.17) is 24.2 Å². The van der Waals surface area contributed by atoms with Crippen molar-refractivity contribution in [3.63, 3.8) is 0 Å². The summed E-state index contributed by atoms with van der Waals surface area (Å²) in [5, 5.41) is 0. The quantitative estimate of drug-likeness (QED) is 0.605. The van der Waals surface area contributed by atoms with E-state index < -0.39 is 0 Å². The van der Waals surface area contributed by atoms with Gasteiger partial charge in [-0.05, 0) is 35.9 Å². The number of methoxy groups -OCH3 is 1. The minimum Gasteiger partial charge on any atom is -0.493 e. The Morgan fingerprint density at radius 2 is 1.81 bits per heavy atom. The number of para-hydroxylation sites is 2. The lowest BCUT2D eigenvalue weighted by Gasteiger charge is -2.33. The summed E-state index contributed by atoms with van der Waals surface area (Å²) in [6.07, 6.45) is 3.28. The second-order valence-corrected chi connectivity index (χ2v) is 7.35. The molecule has 0 saturated carbocycles. The standard InChI is InChI=1S/C23H22N4O4/c1-26-9-10-27(23-22(26)24-16-5-3-4-6-17(16)25-23)20(28)8-7-15-13-18(29-2)21-19(14-15)30-11-12-31-21/h3-8,13-14H,9-12H2,1-2H3. The zero-order valence-corrected chi connectivity index (χ0v) is 17.4. The number of carbonyl (C=O) groups is 1. The Morgan fingerprint density at radius 3 is 2.58 bits per heavy atom. The number of rotatable bonds is 3. The molecule has 1 aromatic heterocycles. The molecule has 8 heteroatoms. The fraction of sp³-hybridized carbons (Fsp3) is 0.261. The summed E-state index contributed by atoms with van der Waals surface area (Å²) in [6.45, 7) is 2.17. The molecular formula is C23H22N4O4. The molecule has 2 aliphatic rings. The third-order valence-electron chi connectivity index (χ3n) is 5.35. The van der Waals surface area contributed by atoms with Crippen molar-refractivity contribution < 1.29 is 19.0 Å². The molecule has 0 N–H and O–H groups in total. The van der Waals surface area contributed by atoms with Crippen molar-refractivity contribution in [2.45, 2.75) is 0 Å². The molecule has 2 aliphatic heterocycles. The number of ether oxygens (including phenoxy) is 3. The molecule has 3 heterocycles. The molecule has 0 atom stereocenters. The van der Waals surface area contributed by atoms with Gasteiger partial charge in [0.05, 0.1) is 18.1 Å². The molecule has 0 spiro atoms. The van der Waals surface area contributed by atoms with Crippen LogP contribution >= 0.6 is 0 Å². The number of aromatic nitrogens is 2. The highest BCUT2D eigenvalue weighted by Crippen LogP contribution is 2.40. The minimum atomic E-state index is -0.159. The van der Waals surface area contributed by atoms with Crippen LogP contribution in [0.1, 0.15) is 5.56 Å². The molecule has 0 unspecified atom stereocenters. The summed E-state index contributed by atoms with van der Waals surface area (Å²) in [4.78, 5) is 26.2. The molecule has 158 valence electrons. The Labute approximate surface area is 179 Å². The Balaban J connectivity index is 1.46. The van der Waals surface area contributed by atoms with E-state index in [9.17, 15) is 4.79 Å². The Hall–Kier alpha value is -3.81. The van der Waals surface area contributed by atoms with Crippen LogP contribution in [-0.4, -0.2) is 56.3 Å². The van der Waals surface area contributed by atoms with Crippen LogP contribution in [0.5, 0.6) is 17.2 Å². The van der Waals surface area contributed by atoms with Crippen molar-refractivity contribution in [3.8, 4) is 17.2 Å². The Bertz CT molecular complexity index is 1180. The maximum atomic E-state index is 13.1. The van der Waals surface area contributed by atoms with Gasteiger partial charge < -0.3 is 19.1 Å². The molecule has 0 bridgehead atoms. The second-order valence-electron chi connectivity index (χ2n) is 7.35. The van der Waals surface area contributed by atoms with Gasteiger partial charge in [0.25, 0.3) is 5.91 Å². The summed E-state index contributed by atoms with van der Waals surface area (Å²) < 4.78 is 16.7. The number of hydrogen-bond donors (Lipinski definition) is 0. The van der Waals surface area contributed by atoms with Crippen molar-refractivity contribution in [1.29, 1.82) is 0 Å². The molecule has 8 nitrogen and oxygen atoms in total. The fourth-order valence-electron chi connectivity index (χ4n) is 3.74. The number of anilines is 2. The van der Waals surface area contributed by atoms with Crippen LogP contribution in [0.25, 0.3) is 17.1 Å². The van der Waals surface area contributed by atoms with Gasteiger partial charge in [-0.3, -0.25) is 9.69 Å². The van der Waals surface area contributed by atoms with E-state index in [2.05, 4.69) is 0 Å². The van der Waals surface area contributed by atoms with Crippen LogP contribution in [-0.2, 0) is 4.79 Å². The first-order valence-corrected chi connectivity index (χ1v) is 10.1. The summed E-state index contributed by atoms with van der Waals surface area (Å²) in [7, 11) is 3.54. The molecule has 1 amide bonds. The van der Waals surface area contributed by atoms with Crippen LogP contribution < -0.4 is 24.0 Å². The Kier molecular flexibility index (Phi) is 4.82. The van der Waals surface area contributed by atoms with Crippen LogP contribution in [0.15, 0.2) is 42.5 Å². The maximum absolute atomic E-state index is 13.1. The van der Waals surface area contributed by atoms with Crippen LogP contribution in [0.2, 0.25) is 0 Å². The van der Waals surface area contributed by atoms with Crippen molar-refractivity contribution in [3.05, 3.63) is 48.0 Å². The monoisotopic (exact) mass is 418 g/mol. The molecule has 2 aromatic carbocycles. The van der Waals surface area contributed by atoms with Gasteiger partial charge in [0.1, 0.15) is 13.2 Å². The number of fused-ring (bicyclic) bond motifs is 3. The highest BCUT2D eigenvalue weighted by Gasteiger charge is 2.27. The normalized spacial score (nSPS) is 15.3. The van der Waals surface area contributed by atoms with Crippen molar-refractivity contribution in [2.24, 2.45) is 0 Å². The SMILES string of the molecule is COc1cc(C=CC(=O)N2CCN(C)c3nc4ccccc4nc32)cc2c1OCCO2. The van der Waals surface area contributed by atoms with Crippen molar-refractivity contribution >= 4 is 34.7 Å². The van der Waals surface area contributed by atoms with E-state index in [0.29, 0.717) is 55.2 Å². The summed E-state index contributed by atoms with van der Waals surface area (Å²) in [6, 6.07) is 11.3. The first-order valence-electron chi connectivity index (χ1n) is 10.1. The van der Waals surface area contributed by atoms with Gasteiger partial charge in [-0.15, -0.1) is 0 Å². The smallest absolute Gasteiger partial charge is 0.252 e. The zero-order chi connectivity index (χ0) is 21.4. The number of hydrogen-bond acceptors (Lipinski definition) is 7. The third-order valence-corrected chi connectivity index (χ3v) is 5.35. The average molecular weight is 418 g/mol. The number of benzene rings is 2. The van der Waals surface area contributed by atoms with Gasteiger partial charge in [-0.25, -0.2) is 9.97 Å². The van der Waals surface area contributed by atoms with Gasteiger partial charge in [0.15, 0.2) is 23.1 Å². The van der Waals surface area contributed by atoms with Crippen molar-refractivity contribution in [1.82, 2.24) is 9.97 Å². The van der Waals surface area contributed by atoms with Crippen LogP contribution in [0, 0.1) is 0 Å². The van der Waals surface area contributed by atoms with Crippen LogP contribution in [0.4, 0.5) is 11.6 Å². The summed E-state index contributed by atoms with van der Waals surface area (Å²) in [5.74, 6) is 2.89. The predicted octanol–water partition coefficient (Wildman–Crippen LogP) is 2.91. The van der Waals surface area contributed by atoms with Gasteiger partial charge in [-0.1, -0.05) is 12.1 Å². The van der Waals surface area contributed by atoms with Gasteiger partial charge in [-0.2, -0.15) is 0 Å². The molecule has 0 fully saturated rings. The molecule has 0 saturated heterocycles. The van der Waals surface area contributed by atoms with E-state index in [1.54, 1.807) is 18.1 Å². The number of carbonyl (C=O) groups excluding carboxylic acids is 1. The second kappa shape index (κ2) is 7.79. The summed E-state index contributed by atoms with van der Waals surface area (Å²) >= 11 is 0. The maximum Gasteiger partial charge on any atom is 0.252 e. The third kappa shape index (κ3) is 3.50. The van der Waals surface area contributed by atoms with E-state index in [1.807, 2.05) is 48.3 Å². The van der Waals surface area contributed by atoms with Crippen molar-refractivity contribution in [2.75, 3.05) is 50.3 Å². The Morgan fingerprint density at radius 1 is 1.06 bits per heavy atom.